The highest BCUT2D eigenvalue weighted by molar-refractivity contribution is 5.47. The van der Waals surface area contributed by atoms with Crippen LogP contribution < -0.4 is 10.5 Å². The lowest BCUT2D eigenvalue weighted by Crippen LogP contribution is -2.00. The monoisotopic (exact) mass is 252 g/mol. The molecule has 3 nitrogen and oxygen atoms in total. The Morgan fingerprint density at radius 1 is 1.11 bits per heavy atom. The van der Waals surface area contributed by atoms with E-state index in [0.717, 1.165) is 22.4 Å². The fourth-order valence-electron chi connectivity index (χ4n) is 2.11. The molecule has 96 valence electrons. The van der Waals surface area contributed by atoms with Crippen LogP contribution in [-0.4, -0.2) is 7.11 Å². The molecule has 0 heterocycles. The molecule has 0 aliphatic rings. The summed E-state index contributed by atoms with van der Waals surface area (Å²) in [6.07, 6.45) is 0. The van der Waals surface area contributed by atoms with Gasteiger partial charge in [-0.1, -0.05) is 24.3 Å². The number of nitriles is 1. The molecule has 2 N–H and O–H groups in total. The fourth-order valence-corrected chi connectivity index (χ4v) is 2.11. The third-order valence-electron chi connectivity index (χ3n) is 3.15. The van der Waals surface area contributed by atoms with Crippen LogP contribution in [0.1, 0.15) is 22.6 Å². The Morgan fingerprint density at radius 3 is 2.26 bits per heavy atom. The lowest BCUT2D eigenvalue weighted by atomic mass is 9.91. The Balaban J connectivity index is 2.40. The molecule has 0 amide bonds. The molecule has 2 aromatic rings. The van der Waals surface area contributed by atoms with Gasteiger partial charge in [-0.05, 0) is 41.8 Å². The van der Waals surface area contributed by atoms with Gasteiger partial charge in [-0.25, -0.2) is 0 Å². The van der Waals surface area contributed by atoms with Crippen molar-refractivity contribution in [2.24, 2.45) is 0 Å². The second kappa shape index (κ2) is 5.45. The average Bonchev–Trinajstić information content (AvgIpc) is 2.42. The Hall–Kier alpha value is -2.47. The number of ether oxygens (including phenoxy) is 1. The summed E-state index contributed by atoms with van der Waals surface area (Å²) in [5.41, 5.74) is 9.30. The zero-order chi connectivity index (χ0) is 13.8. The molecule has 0 radical (unpaired) electrons. The minimum absolute atomic E-state index is 0.287. The zero-order valence-electron chi connectivity index (χ0n) is 11.1. The highest BCUT2D eigenvalue weighted by Crippen LogP contribution is 2.28. The van der Waals surface area contributed by atoms with Gasteiger partial charge >= 0.3 is 0 Å². The SMILES string of the molecule is COc1ccc(C(C#N)c2ccc(N)cc2)cc1C. The molecule has 19 heavy (non-hydrogen) atoms. The molecule has 0 saturated heterocycles. The van der Waals surface area contributed by atoms with E-state index in [2.05, 4.69) is 6.07 Å². The predicted octanol–water partition coefficient (Wildman–Crippen LogP) is 3.24. The maximum atomic E-state index is 9.41. The van der Waals surface area contributed by atoms with E-state index in [1.165, 1.54) is 0 Å². The van der Waals surface area contributed by atoms with E-state index in [1.807, 2.05) is 49.4 Å². The van der Waals surface area contributed by atoms with Gasteiger partial charge in [0.15, 0.2) is 0 Å². The Morgan fingerprint density at radius 2 is 1.74 bits per heavy atom. The number of aryl methyl sites for hydroxylation is 1. The second-order valence-electron chi connectivity index (χ2n) is 4.46. The van der Waals surface area contributed by atoms with Crippen LogP contribution in [0.4, 0.5) is 5.69 Å². The molecule has 3 heteroatoms. The van der Waals surface area contributed by atoms with Crippen molar-refractivity contribution in [3.8, 4) is 11.8 Å². The van der Waals surface area contributed by atoms with Crippen molar-refractivity contribution in [3.63, 3.8) is 0 Å². The number of hydrogen-bond donors (Lipinski definition) is 1. The number of nitrogens with zero attached hydrogens (tertiary/aromatic N) is 1. The van der Waals surface area contributed by atoms with Crippen molar-refractivity contribution >= 4 is 5.69 Å². The molecular weight excluding hydrogens is 236 g/mol. The minimum Gasteiger partial charge on any atom is -0.496 e. The average molecular weight is 252 g/mol. The van der Waals surface area contributed by atoms with Crippen molar-refractivity contribution in [2.75, 3.05) is 12.8 Å². The third kappa shape index (κ3) is 2.69. The topological polar surface area (TPSA) is 59.0 Å². The largest absolute Gasteiger partial charge is 0.496 e. The van der Waals surface area contributed by atoms with E-state index in [0.29, 0.717) is 5.69 Å². The van der Waals surface area contributed by atoms with Gasteiger partial charge in [0, 0.05) is 5.69 Å². The van der Waals surface area contributed by atoms with E-state index in [1.54, 1.807) is 7.11 Å². The number of nitrogen functional groups attached to an aromatic ring is 1. The van der Waals surface area contributed by atoms with Crippen LogP contribution in [0.5, 0.6) is 5.75 Å². The normalized spacial score (nSPS) is 11.6. The van der Waals surface area contributed by atoms with Crippen molar-refractivity contribution < 1.29 is 4.74 Å². The van der Waals surface area contributed by atoms with E-state index < -0.39 is 0 Å². The number of anilines is 1. The minimum atomic E-state index is -0.287. The molecule has 0 bridgehead atoms. The quantitative estimate of drug-likeness (QED) is 0.853. The first-order valence-corrected chi connectivity index (χ1v) is 6.05. The number of nitrogens with two attached hydrogens (primary N) is 1. The van der Waals surface area contributed by atoms with E-state index in [9.17, 15) is 5.26 Å². The highest BCUT2D eigenvalue weighted by atomic mass is 16.5. The zero-order valence-corrected chi connectivity index (χ0v) is 11.1. The maximum absolute atomic E-state index is 9.41. The van der Waals surface area contributed by atoms with E-state index in [-0.39, 0.29) is 5.92 Å². The smallest absolute Gasteiger partial charge is 0.121 e. The summed E-state index contributed by atoms with van der Waals surface area (Å²) in [7, 11) is 1.64. The van der Waals surface area contributed by atoms with Gasteiger partial charge in [-0.3, -0.25) is 0 Å². The maximum Gasteiger partial charge on any atom is 0.121 e. The number of benzene rings is 2. The predicted molar refractivity (Wildman–Crippen MR) is 76.0 cm³/mol. The number of rotatable bonds is 3. The molecule has 0 saturated carbocycles. The van der Waals surface area contributed by atoms with Crippen molar-refractivity contribution in [1.82, 2.24) is 0 Å². The van der Waals surface area contributed by atoms with Crippen LogP contribution >= 0.6 is 0 Å². The van der Waals surface area contributed by atoms with Crippen molar-refractivity contribution in [1.29, 1.82) is 5.26 Å². The van der Waals surface area contributed by atoms with Crippen LogP contribution in [0, 0.1) is 18.3 Å². The fraction of sp³-hybridized carbons (Fsp3) is 0.188. The van der Waals surface area contributed by atoms with Gasteiger partial charge in [0.1, 0.15) is 5.75 Å². The Bertz CT molecular complexity index is 612. The van der Waals surface area contributed by atoms with Crippen LogP contribution in [0.15, 0.2) is 42.5 Å². The number of methoxy groups -OCH3 is 1. The lowest BCUT2D eigenvalue weighted by molar-refractivity contribution is 0.411. The first-order chi connectivity index (χ1) is 9.15. The Labute approximate surface area is 113 Å². The number of hydrogen-bond acceptors (Lipinski definition) is 3. The summed E-state index contributed by atoms with van der Waals surface area (Å²) >= 11 is 0. The summed E-state index contributed by atoms with van der Waals surface area (Å²) in [5.74, 6) is 0.544. The molecule has 0 aliphatic carbocycles. The van der Waals surface area contributed by atoms with Gasteiger partial charge < -0.3 is 10.5 Å². The van der Waals surface area contributed by atoms with Gasteiger partial charge in [-0.15, -0.1) is 0 Å². The Kier molecular flexibility index (Phi) is 3.72. The molecule has 2 rings (SSSR count). The van der Waals surface area contributed by atoms with E-state index >= 15 is 0 Å². The van der Waals surface area contributed by atoms with Gasteiger partial charge in [0.25, 0.3) is 0 Å². The standard InChI is InChI=1S/C16H16N2O/c1-11-9-13(5-8-16(11)19-2)15(10-17)12-3-6-14(18)7-4-12/h3-9,15H,18H2,1-2H3. The van der Waals surface area contributed by atoms with E-state index in [4.69, 9.17) is 10.5 Å². The summed E-state index contributed by atoms with van der Waals surface area (Å²) in [5, 5.41) is 9.41. The lowest BCUT2D eigenvalue weighted by Gasteiger charge is -2.12. The first-order valence-electron chi connectivity index (χ1n) is 6.05. The molecule has 0 aromatic heterocycles. The molecule has 1 atom stereocenters. The molecule has 0 spiro atoms. The van der Waals surface area contributed by atoms with Crippen LogP contribution in [0.25, 0.3) is 0 Å². The van der Waals surface area contributed by atoms with Crippen LogP contribution in [-0.2, 0) is 0 Å². The van der Waals surface area contributed by atoms with Crippen molar-refractivity contribution in [2.45, 2.75) is 12.8 Å². The summed E-state index contributed by atoms with van der Waals surface area (Å²) in [6.45, 7) is 1.97. The molecule has 0 aliphatic heterocycles. The summed E-state index contributed by atoms with van der Waals surface area (Å²) in [4.78, 5) is 0. The van der Waals surface area contributed by atoms with Crippen LogP contribution in [0.3, 0.4) is 0 Å². The molecule has 0 fully saturated rings. The van der Waals surface area contributed by atoms with Gasteiger partial charge in [0.05, 0.1) is 19.1 Å². The molecule has 1 unspecified atom stereocenters. The van der Waals surface area contributed by atoms with Crippen molar-refractivity contribution in [3.05, 3.63) is 59.2 Å². The molecule has 2 aromatic carbocycles. The summed E-state index contributed by atoms with van der Waals surface area (Å²) in [6, 6.07) is 15.6. The second-order valence-corrected chi connectivity index (χ2v) is 4.46. The first kappa shape index (κ1) is 13.0. The van der Waals surface area contributed by atoms with Gasteiger partial charge in [0.2, 0.25) is 0 Å². The molecular formula is C16H16N2O. The highest BCUT2D eigenvalue weighted by Gasteiger charge is 2.14. The third-order valence-corrected chi connectivity index (χ3v) is 3.15. The van der Waals surface area contributed by atoms with Gasteiger partial charge in [-0.2, -0.15) is 5.26 Å². The summed E-state index contributed by atoms with van der Waals surface area (Å²) < 4.78 is 5.24. The van der Waals surface area contributed by atoms with Crippen LogP contribution in [0.2, 0.25) is 0 Å².